The van der Waals surface area contributed by atoms with Gasteiger partial charge in [0.2, 0.25) is 0 Å². The summed E-state index contributed by atoms with van der Waals surface area (Å²) >= 11 is 3.01. The number of carbonyl (C=O) groups excluding carboxylic acids is 1. The predicted molar refractivity (Wildman–Crippen MR) is 127 cm³/mol. The smallest absolute Gasteiger partial charge is 0.270 e. The molecule has 5 rings (SSSR count). The minimum absolute atomic E-state index is 0.0286. The molecule has 1 aliphatic heterocycles. The number of non-ortho nitro benzene ring substituents is 1. The normalized spacial score (nSPS) is 14.3. The fourth-order valence-electron chi connectivity index (χ4n) is 3.79. The molecule has 4 aromatic rings. The number of nitro benzene ring substituents is 1. The van der Waals surface area contributed by atoms with Gasteiger partial charge in [-0.1, -0.05) is 11.3 Å². The first-order chi connectivity index (χ1) is 15.5. The van der Waals surface area contributed by atoms with E-state index < -0.39 is 4.92 Å². The van der Waals surface area contributed by atoms with Crippen LogP contribution >= 0.6 is 22.7 Å². The lowest BCUT2D eigenvalue weighted by molar-refractivity contribution is -0.384. The van der Waals surface area contributed by atoms with Crippen molar-refractivity contribution < 1.29 is 14.5 Å². The third-order valence-corrected chi connectivity index (χ3v) is 7.60. The third kappa shape index (κ3) is 3.87. The number of aromatic nitrogens is 1. The highest BCUT2D eigenvalue weighted by molar-refractivity contribution is 7.22. The molecule has 0 N–H and O–H groups in total. The summed E-state index contributed by atoms with van der Waals surface area (Å²) in [7, 11) is 0. The Morgan fingerprint density at radius 1 is 1.09 bits per heavy atom. The first-order valence-electron chi connectivity index (χ1n) is 10.3. The van der Waals surface area contributed by atoms with Crippen molar-refractivity contribution in [2.24, 2.45) is 0 Å². The van der Waals surface area contributed by atoms with E-state index in [0.29, 0.717) is 37.7 Å². The van der Waals surface area contributed by atoms with Crippen LogP contribution in [0.2, 0.25) is 0 Å². The predicted octanol–water partition coefficient (Wildman–Crippen LogP) is 4.78. The number of benzene rings is 2. The zero-order valence-corrected chi connectivity index (χ0v) is 18.9. The second-order valence-corrected chi connectivity index (χ2v) is 9.52. The fourth-order valence-corrected chi connectivity index (χ4v) is 5.85. The Kier molecular flexibility index (Phi) is 5.40. The van der Waals surface area contributed by atoms with E-state index in [0.717, 1.165) is 31.2 Å². The standard InChI is InChI=1S/C22H20N4O4S2/c1-2-30-16-4-5-17-19(13-16)32-22(23-17)25-9-7-24(8-10-25)21(27)20-12-14-11-15(26(28)29)3-6-18(14)31-20/h3-6,11-13H,2,7-10H2,1H3. The van der Waals surface area contributed by atoms with Gasteiger partial charge in [0, 0.05) is 48.4 Å². The summed E-state index contributed by atoms with van der Waals surface area (Å²) in [5.41, 5.74) is 0.985. The molecule has 1 aliphatic rings. The number of carbonyl (C=O) groups is 1. The minimum atomic E-state index is -0.419. The van der Waals surface area contributed by atoms with Crippen LogP contribution in [0.15, 0.2) is 42.5 Å². The fraction of sp³-hybridized carbons (Fsp3) is 0.273. The third-order valence-electron chi connectivity index (χ3n) is 5.42. The Morgan fingerprint density at radius 3 is 2.66 bits per heavy atom. The highest BCUT2D eigenvalue weighted by Gasteiger charge is 2.25. The molecule has 0 saturated carbocycles. The minimum Gasteiger partial charge on any atom is -0.494 e. The highest BCUT2D eigenvalue weighted by atomic mass is 32.1. The van der Waals surface area contributed by atoms with Gasteiger partial charge in [-0.15, -0.1) is 11.3 Å². The first-order valence-corrected chi connectivity index (χ1v) is 11.9. The van der Waals surface area contributed by atoms with E-state index in [9.17, 15) is 14.9 Å². The summed E-state index contributed by atoms with van der Waals surface area (Å²) in [5, 5.41) is 12.7. The molecule has 2 aromatic carbocycles. The van der Waals surface area contributed by atoms with E-state index in [1.807, 2.05) is 30.0 Å². The Labute approximate surface area is 191 Å². The van der Waals surface area contributed by atoms with Crippen molar-refractivity contribution in [2.45, 2.75) is 6.92 Å². The van der Waals surface area contributed by atoms with Crippen molar-refractivity contribution in [3.8, 4) is 5.75 Å². The second-order valence-electron chi connectivity index (χ2n) is 7.43. The molecule has 1 amide bonds. The van der Waals surface area contributed by atoms with Gasteiger partial charge in [-0.05, 0) is 37.3 Å². The Morgan fingerprint density at radius 2 is 1.91 bits per heavy atom. The van der Waals surface area contributed by atoms with Crippen molar-refractivity contribution in [2.75, 3.05) is 37.7 Å². The number of piperazine rings is 1. The molecule has 0 spiro atoms. The van der Waals surface area contributed by atoms with Crippen molar-refractivity contribution >= 4 is 59.7 Å². The maximum Gasteiger partial charge on any atom is 0.270 e. The van der Waals surface area contributed by atoms with Gasteiger partial charge >= 0.3 is 0 Å². The average Bonchev–Trinajstić information content (AvgIpc) is 3.42. The molecular formula is C22H20N4O4S2. The highest BCUT2D eigenvalue weighted by Crippen LogP contribution is 2.33. The molecule has 0 aliphatic carbocycles. The van der Waals surface area contributed by atoms with Gasteiger partial charge in [0.05, 0.1) is 26.6 Å². The topological polar surface area (TPSA) is 88.8 Å². The zero-order valence-electron chi connectivity index (χ0n) is 17.3. The maximum atomic E-state index is 13.0. The molecule has 10 heteroatoms. The van der Waals surface area contributed by atoms with Crippen LogP contribution in [0, 0.1) is 10.1 Å². The molecule has 164 valence electrons. The average molecular weight is 469 g/mol. The number of hydrogen-bond donors (Lipinski definition) is 0. The van der Waals surface area contributed by atoms with Gasteiger partial charge in [0.15, 0.2) is 5.13 Å². The molecule has 2 aromatic heterocycles. The number of fused-ring (bicyclic) bond motifs is 2. The van der Waals surface area contributed by atoms with E-state index in [1.54, 1.807) is 23.5 Å². The van der Waals surface area contributed by atoms with Crippen LogP contribution in [0.25, 0.3) is 20.3 Å². The molecular weight excluding hydrogens is 448 g/mol. The van der Waals surface area contributed by atoms with Crippen molar-refractivity contribution in [1.82, 2.24) is 9.88 Å². The first kappa shape index (κ1) is 20.7. The van der Waals surface area contributed by atoms with E-state index in [1.165, 1.54) is 23.5 Å². The van der Waals surface area contributed by atoms with E-state index in [-0.39, 0.29) is 11.6 Å². The van der Waals surface area contributed by atoms with Crippen LogP contribution in [0.3, 0.4) is 0 Å². The molecule has 1 saturated heterocycles. The van der Waals surface area contributed by atoms with Gasteiger partial charge in [0.1, 0.15) is 5.75 Å². The summed E-state index contributed by atoms with van der Waals surface area (Å²) in [6.07, 6.45) is 0. The van der Waals surface area contributed by atoms with Gasteiger partial charge < -0.3 is 14.5 Å². The van der Waals surface area contributed by atoms with Crippen LogP contribution in [0.5, 0.6) is 5.75 Å². The zero-order chi connectivity index (χ0) is 22.2. The number of nitrogens with zero attached hydrogens (tertiary/aromatic N) is 4. The van der Waals surface area contributed by atoms with Gasteiger partial charge in [-0.2, -0.15) is 0 Å². The number of thiazole rings is 1. The molecule has 8 nitrogen and oxygen atoms in total. The number of thiophene rings is 1. The van der Waals surface area contributed by atoms with Crippen LogP contribution in [0.4, 0.5) is 10.8 Å². The Balaban J connectivity index is 1.28. The molecule has 3 heterocycles. The number of amides is 1. The van der Waals surface area contributed by atoms with Gasteiger partial charge in [-0.25, -0.2) is 4.98 Å². The molecule has 0 radical (unpaired) electrons. The van der Waals surface area contributed by atoms with Crippen LogP contribution < -0.4 is 9.64 Å². The second kappa shape index (κ2) is 8.36. The largest absolute Gasteiger partial charge is 0.494 e. The Hall–Kier alpha value is -3.24. The quantitative estimate of drug-likeness (QED) is 0.309. The van der Waals surface area contributed by atoms with Gasteiger partial charge in [-0.3, -0.25) is 14.9 Å². The lowest BCUT2D eigenvalue weighted by Crippen LogP contribution is -2.48. The summed E-state index contributed by atoms with van der Waals surface area (Å²) in [6, 6.07) is 12.4. The van der Waals surface area contributed by atoms with Crippen LogP contribution in [-0.4, -0.2) is 53.5 Å². The molecule has 0 atom stereocenters. The van der Waals surface area contributed by atoms with Crippen molar-refractivity contribution in [3.05, 3.63) is 57.5 Å². The molecule has 0 bridgehead atoms. The summed E-state index contributed by atoms with van der Waals surface area (Å²) in [4.78, 5) is 33.0. The number of nitro groups is 1. The maximum absolute atomic E-state index is 13.0. The summed E-state index contributed by atoms with van der Waals surface area (Å²) < 4.78 is 7.54. The molecule has 0 unspecified atom stereocenters. The monoisotopic (exact) mass is 468 g/mol. The summed E-state index contributed by atoms with van der Waals surface area (Å²) in [6.45, 7) is 5.22. The number of ether oxygens (including phenoxy) is 1. The van der Waals surface area contributed by atoms with Crippen molar-refractivity contribution in [1.29, 1.82) is 0 Å². The number of anilines is 1. The van der Waals surface area contributed by atoms with E-state index >= 15 is 0 Å². The number of rotatable bonds is 5. The SMILES string of the molecule is CCOc1ccc2nc(N3CCN(C(=O)c4cc5cc([N+](=O)[O-])ccc5s4)CC3)sc2c1. The van der Waals surface area contributed by atoms with Crippen LogP contribution in [-0.2, 0) is 0 Å². The van der Waals surface area contributed by atoms with Crippen LogP contribution in [0.1, 0.15) is 16.6 Å². The van der Waals surface area contributed by atoms with Gasteiger partial charge in [0.25, 0.3) is 11.6 Å². The molecule has 1 fully saturated rings. The molecule has 32 heavy (non-hydrogen) atoms. The van der Waals surface area contributed by atoms with E-state index in [2.05, 4.69) is 4.90 Å². The lowest BCUT2D eigenvalue weighted by Gasteiger charge is -2.34. The number of hydrogen-bond acceptors (Lipinski definition) is 8. The lowest BCUT2D eigenvalue weighted by atomic mass is 10.2. The van der Waals surface area contributed by atoms with Crippen molar-refractivity contribution in [3.63, 3.8) is 0 Å². The summed E-state index contributed by atoms with van der Waals surface area (Å²) in [5.74, 6) is 0.818. The Bertz CT molecular complexity index is 1320. The van der Waals surface area contributed by atoms with E-state index in [4.69, 9.17) is 9.72 Å².